The lowest BCUT2D eigenvalue weighted by Crippen LogP contribution is -2.34. The Balaban J connectivity index is 1.60. The summed E-state index contributed by atoms with van der Waals surface area (Å²) in [6.07, 6.45) is -0.0776. The van der Waals surface area contributed by atoms with E-state index in [2.05, 4.69) is 10.6 Å². The van der Waals surface area contributed by atoms with Gasteiger partial charge in [0.2, 0.25) is 11.8 Å². The molecule has 1 aliphatic carbocycles. The summed E-state index contributed by atoms with van der Waals surface area (Å²) in [6, 6.07) is 12.8. The van der Waals surface area contributed by atoms with E-state index in [1.807, 2.05) is 0 Å². The van der Waals surface area contributed by atoms with Gasteiger partial charge in [-0.05, 0) is 42.0 Å². The fraction of sp³-hybridized carbons (Fsp3) is 0.148. The van der Waals surface area contributed by atoms with Crippen molar-refractivity contribution in [2.45, 2.75) is 6.42 Å². The third-order valence-electron chi connectivity index (χ3n) is 5.62. The molecule has 12 heteroatoms. The highest BCUT2D eigenvalue weighted by Crippen LogP contribution is 2.42. The Kier molecular flexibility index (Phi) is 8.15. The number of carboxylic acid groups (broad SMARTS) is 2. The zero-order valence-electron chi connectivity index (χ0n) is 20.2. The van der Waals surface area contributed by atoms with Crippen molar-refractivity contribution < 1.29 is 38.9 Å². The van der Waals surface area contributed by atoms with Gasteiger partial charge in [0.05, 0.1) is 24.3 Å². The summed E-state index contributed by atoms with van der Waals surface area (Å²) >= 11 is 1.13. The Hall–Kier alpha value is -4.84. The molecule has 0 unspecified atom stereocenters. The van der Waals surface area contributed by atoms with Crippen molar-refractivity contribution >= 4 is 52.2 Å². The van der Waals surface area contributed by atoms with E-state index in [1.54, 1.807) is 6.07 Å². The van der Waals surface area contributed by atoms with Crippen molar-refractivity contribution in [2.24, 2.45) is 0 Å². The number of thioether (sulfide) groups is 1. The monoisotopic (exact) mass is 550 g/mol. The summed E-state index contributed by atoms with van der Waals surface area (Å²) in [7, 11) is 0. The molecule has 4 rings (SSSR count). The minimum absolute atomic E-state index is 0.00466. The van der Waals surface area contributed by atoms with E-state index in [4.69, 9.17) is 9.52 Å². The second kappa shape index (κ2) is 11.7. The summed E-state index contributed by atoms with van der Waals surface area (Å²) in [4.78, 5) is 59.0. The fourth-order valence-electron chi connectivity index (χ4n) is 3.93. The summed E-state index contributed by atoms with van der Waals surface area (Å²) in [6.45, 7) is -0.362. The van der Waals surface area contributed by atoms with E-state index in [1.165, 1.54) is 48.5 Å². The van der Waals surface area contributed by atoms with Crippen LogP contribution in [-0.2, 0) is 14.4 Å². The fourth-order valence-corrected chi connectivity index (χ4v) is 4.68. The topological polar surface area (TPSA) is 183 Å². The molecule has 5 N–H and O–H groups in total. The van der Waals surface area contributed by atoms with Crippen LogP contribution in [0.3, 0.4) is 0 Å². The van der Waals surface area contributed by atoms with Gasteiger partial charge in [-0.3, -0.25) is 19.2 Å². The van der Waals surface area contributed by atoms with Gasteiger partial charge < -0.3 is 30.4 Å². The van der Waals surface area contributed by atoms with Crippen molar-refractivity contribution in [3.8, 4) is 28.2 Å². The molecule has 0 atom stereocenters. The largest absolute Gasteiger partial charge is 0.508 e. The Labute approximate surface area is 224 Å². The number of aromatic hydroxyl groups is 1. The van der Waals surface area contributed by atoms with Crippen LogP contribution in [0.5, 0.6) is 5.75 Å². The maximum atomic E-state index is 12.4. The predicted octanol–water partition coefficient (Wildman–Crippen LogP) is 3.23. The molecule has 1 heterocycles. The first kappa shape index (κ1) is 27.2. The standard InChI is InChI=1S/C27H22N2O9S/c30-15-2-5-18-21(10-15)38-22-11-16(31)3-6-19(22)26(18)17-4-1-14(9-20(17)27(36)37)29-23(32)12-28-24(33)13-39-8-7-25(34)35/h1-6,9-11,30H,7-8,12-13H2,(H,28,33)(H,29,32)(H,34,35)(H,36,37). The third kappa shape index (κ3) is 6.54. The van der Waals surface area contributed by atoms with Crippen molar-refractivity contribution in [2.75, 3.05) is 23.4 Å². The SMILES string of the molecule is O=C(O)CCSCC(=O)NCC(=O)Nc1ccc(-c2c3ccc(=O)cc-3oc3cc(O)ccc23)c(C(=O)O)c1. The van der Waals surface area contributed by atoms with Crippen LogP contribution < -0.4 is 16.1 Å². The maximum absolute atomic E-state index is 12.4. The second-order valence-electron chi connectivity index (χ2n) is 8.40. The summed E-state index contributed by atoms with van der Waals surface area (Å²) in [5.41, 5.74) is 1.22. The first-order valence-corrected chi connectivity index (χ1v) is 12.7. The number of nitrogens with one attached hydrogen (secondary N) is 2. The minimum atomic E-state index is -1.27. The highest BCUT2D eigenvalue weighted by molar-refractivity contribution is 7.99. The molecule has 2 aromatic rings. The highest BCUT2D eigenvalue weighted by atomic mass is 32.2. The van der Waals surface area contributed by atoms with E-state index in [0.717, 1.165) is 11.8 Å². The number of carbonyl (C=O) groups excluding carboxylic acids is 2. The first-order valence-electron chi connectivity index (χ1n) is 11.6. The number of benzene rings is 3. The molecule has 11 nitrogen and oxygen atoms in total. The predicted molar refractivity (Wildman–Crippen MR) is 144 cm³/mol. The van der Waals surface area contributed by atoms with Crippen molar-refractivity contribution in [3.05, 3.63) is 70.4 Å². The van der Waals surface area contributed by atoms with E-state index in [9.17, 15) is 34.2 Å². The van der Waals surface area contributed by atoms with Crippen LogP contribution in [0, 0.1) is 0 Å². The van der Waals surface area contributed by atoms with Crippen LogP contribution in [0.25, 0.3) is 33.4 Å². The average Bonchev–Trinajstić information content (AvgIpc) is 2.88. The second-order valence-corrected chi connectivity index (χ2v) is 9.51. The number of anilines is 1. The summed E-state index contributed by atoms with van der Waals surface area (Å²) in [5.74, 6) is -2.87. The lowest BCUT2D eigenvalue weighted by atomic mass is 9.90. The maximum Gasteiger partial charge on any atom is 0.336 e. The normalized spacial score (nSPS) is 10.9. The molecule has 39 heavy (non-hydrogen) atoms. The average molecular weight is 551 g/mol. The molecule has 0 spiro atoms. The highest BCUT2D eigenvalue weighted by Gasteiger charge is 2.22. The van der Waals surface area contributed by atoms with Crippen molar-refractivity contribution in [3.63, 3.8) is 0 Å². The molecule has 0 fully saturated rings. The Morgan fingerprint density at radius 2 is 1.67 bits per heavy atom. The number of carbonyl (C=O) groups is 4. The van der Waals surface area contributed by atoms with Crippen LogP contribution >= 0.6 is 11.8 Å². The molecule has 0 aromatic heterocycles. The van der Waals surface area contributed by atoms with Crippen LogP contribution in [0.2, 0.25) is 0 Å². The van der Waals surface area contributed by atoms with Gasteiger partial charge >= 0.3 is 11.9 Å². The number of phenolic OH excluding ortho intramolecular Hbond substituents is 1. The van der Waals surface area contributed by atoms with E-state index in [-0.39, 0.29) is 58.2 Å². The number of rotatable bonds is 10. The van der Waals surface area contributed by atoms with Gasteiger partial charge in [0.25, 0.3) is 0 Å². The van der Waals surface area contributed by atoms with Crippen molar-refractivity contribution in [1.82, 2.24) is 5.32 Å². The number of aliphatic carboxylic acids is 1. The Bertz CT molecular complexity index is 1630. The summed E-state index contributed by atoms with van der Waals surface area (Å²) < 4.78 is 5.81. The van der Waals surface area contributed by atoms with Crippen LogP contribution in [0.4, 0.5) is 5.69 Å². The quantitative estimate of drug-likeness (QED) is 0.145. The van der Waals surface area contributed by atoms with E-state index in [0.29, 0.717) is 22.1 Å². The lowest BCUT2D eigenvalue weighted by molar-refractivity contribution is -0.136. The molecule has 1 aliphatic heterocycles. The smallest absolute Gasteiger partial charge is 0.336 e. The Morgan fingerprint density at radius 3 is 2.41 bits per heavy atom. The number of phenols is 1. The van der Waals surface area contributed by atoms with Gasteiger partial charge in [0.15, 0.2) is 5.43 Å². The molecular weight excluding hydrogens is 528 g/mol. The van der Waals surface area contributed by atoms with Gasteiger partial charge in [-0.25, -0.2) is 4.79 Å². The Morgan fingerprint density at radius 1 is 0.897 bits per heavy atom. The van der Waals surface area contributed by atoms with Gasteiger partial charge in [-0.1, -0.05) is 6.07 Å². The molecule has 2 aromatic carbocycles. The lowest BCUT2D eigenvalue weighted by Gasteiger charge is -2.17. The number of amides is 2. The molecule has 200 valence electrons. The molecular formula is C27H22N2O9S. The van der Waals surface area contributed by atoms with Gasteiger partial charge in [-0.15, -0.1) is 0 Å². The number of carboxylic acids is 2. The van der Waals surface area contributed by atoms with Crippen molar-refractivity contribution in [1.29, 1.82) is 0 Å². The molecule has 0 bridgehead atoms. The van der Waals surface area contributed by atoms with Crippen LogP contribution in [0.1, 0.15) is 16.8 Å². The van der Waals surface area contributed by atoms with Crippen LogP contribution in [0.15, 0.2) is 63.8 Å². The third-order valence-corrected chi connectivity index (χ3v) is 6.58. The zero-order chi connectivity index (χ0) is 28.1. The summed E-state index contributed by atoms with van der Waals surface area (Å²) in [5, 5.41) is 34.0. The number of fused-ring (bicyclic) bond motifs is 2. The minimum Gasteiger partial charge on any atom is -0.508 e. The van der Waals surface area contributed by atoms with E-state index >= 15 is 0 Å². The number of aromatic carboxylic acids is 1. The van der Waals surface area contributed by atoms with Gasteiger partial charge in [0.1, 0.15) is 17.1 Å². The van der Waals surface area contributed by atoms with Gasteiger partial charge in [0, 0.05) is 40.1 Å². The molecule has 0 saturated carbocycles. The molecule has 0 radical (unpaired) electrons. The van der Waals surface area contributed by atoms with Gasteiger partial charge in [-0.2, -0.15) is 11.8 Å². The van der Waals surface area contributed by atoms with E-state index < -0.39 is 23.8 Å². The molecule has 2 amide bonds. The number of hydrogen-bond donors (Lipinski definition) is 5. The van der Waals surface area contributed by atoms with Crippen LogP contribution in [-0.4, -0.2) is 57.1 Å². The molecule has 0 saturated heterocycles. The zero-order valence-corrected chi connectivity index (χ0v) is 21.0. The molecule has 2 aliphatic rings. The first-order chi connectivity index (χ1) is 18.6. The number of hydrogen-bond acceptors (Lipinski definition) is 8.